The number of carboxylic acids is 1. The first kappa shape index (κ1) is 17.4. The van der Waals surface area contributed by atoms with Gasteiger partial charge in [-0.2, -0.15) is 0 Å². The van der Waals surface area contributed by atoms with Gasteiger partial charge in [0.25, 0.3) is 0 Å². The molecule has 7 nitrogen and oxygen atoms in total. The number of hydrogen-bond donors (Lipinski definition) is 3. The fourth-order valence-corrected chi connectivity index (χ4v) is 1.66. The highest BCUT2D eigenvalue weighted by atomic mass is 16.5. The number of aliphatic hydroxyl groups is 1. The van der Waals surface area contributed by atoms with E-state index in [1.165, 1.54) is 7.11 Å². The lowest BCUT2D eigenvalue weighted by molar-refractivity contribution is -0.148. The topological polar surface area (TPSA) is 113 Å². The molecule has 0 aromatic rings. The summed E-state index contributed by atoms with van der Waals surface area (Å²) in [5.41, 5.74) is 0. The Bertz CT molecular complexity index is 328. The molecule has 0 aromatic heterocycles. The summed E-state index contributed by atoms with van der Waals surface area (Å²) in [6.07, 6.45) is 0.311. The number of hydrogen-bond acceptors (Lipinski definition) is 5. The van der Waals surface area contributed by atoms with Crippen LogP contribution in [0.1, 0.15) is 26.7 Å². The summed E-state index contributed by atoms with van der Waals surface area (Å²) in [5.74, 6) is -2.84. The molecule has 0 aliphatic carbocycles. The van der Waals surface area contributed by atoms with Crippen molar-refractivity contribution < 1.29 is 29.3 Å². The molecule has 1 amide bonds. The Morgan fingerprint density at radius 2 is 1.84 bits per heavy atom. The van der Waals surface area contributed by atoms with E-state index in [0.717, 1.165) is 0 Å². The minimum Gasteiger partial charge on any atom is -0.480 e. The Balaban J connectivity index is 4.53. The third-order valence-corrected chi connectivity index (χ3v) is 2.54. The van der Waals surface area contributed by atoms with Crippen molar-refractivity contribution in [2.75, 3.05) is 13.7 Å². The van der Waals surface area contributed by atoms with Crippen molar-refractivity contribution in [1.82, 2.24) is 5.32 Å². The number of esters is 1. The molecule has 0 saturated carbocycles. The van der Waals surface area contributed by atoms with Gasteiger partial charge in [0.2, 0.25) is 5.91 Å². The van der Waals surface area contributed by atoms with E-state index in [4.69, 9.17) is 10.2 Å². The van der Waals surface area contributed by atoms with Crippen LogP contribution in [0.3, 0.4) is 0 Å². The molecule has 0 aliphatic rings. The fourth-order valence-electron chi connectivity index (χ4n) is 1.66. The maximum Gasteiger partial charge on any atom is 0.328 e. The third kappa shape index (κ3) is 6.76. The molecule has 7 heteroatoms. The van der Waals surface area contributed by atoms with Crippen molar-refractivity contribution in [1.29, 1.82) is 0 Å². The van der Waals surface area contributed by atoms with Crippen LogP contribution < -0.4 is 5.32 Å². The summed E-state index contributed by atoms with van der Waals surface area (Å²) in [6.45, 7) is 3.11. The van der Waals surface area contributed by atoms with Crippen LogP contribution in [0.25, 0.3) is 0 Å². The lowest BCUT2D eigenvalue weighted by Crippen LogP contribution is -2.44. The van der Waals surface area contributed by atoms with Crippen LogP contribution in [-0.2, 0) is 19.1 Å². The molecular formula is C12H21NO6. The molecule has 0 radical (unpaired) electrons. The number of aliphatic carboxylic acids is 1. The van der Waals surface area contributed by atoms with Gasteiger partial charge in [-0.1, -0.05) is 13.8 Å². The van der Waals surface area contributed by atoms with Gasteiger partial charge in [0.15, 0.2) is 0 Å². The van der Waals surface area contributed by atoms with Crippen LogP contribution in [0, 0.1) is 11.8 Å². The monoisotopic (exact) mass is 275 g/mol. The van der Waals surface area contributed by atoms with E-state index >= 15 is 0 Å². The summed E-state index contributed by atoms with van der Waals surface area (Å²) in [7, 11) is 1.24. The van der Waals surface area contributed by atoms with Gasteiger partial charge in [0, 0.05) is 6.42 Å². The lowest BCUT2D eigenvalue weighted by atomic mass is 9.94. The number of nitrogens with one attached hydrogen (secondary N) is 1. The maximum absolute atomic E-state index is 11.6. The predicted molar refractivity (Wildman–Crippen MR) is 66.2 cm³/mol. The second kappa shape index (κ2) is 8.47. The normalized spacial score (nSPS) is 13.7. The highest BCUT2D eigenvalue weighted by Crippen LogP contribution is 2.17. The van der Waals surface area contributed by atoms with Gasteiger partial charge in [-0.25, -0.2) is 4.79 Å². The molecule has 0 aromatic carbocycles. The largest absolute Gasteiger partial charge is 0.480 e. The van der Waals surface area contributed by atoms with Gasteiger partial charge in [0.1, 0.15) is 6.04 Å². The minimum absolute atomic E-state index is 0.158. The zero-order chi connectivity index (χ0) is 15.0. The Labute approximate surface area is 111 Å². The van der Waals surface area contributed by atoms with Crippen molar-refractivity contribution in [3.8, 4) is 0 Å². The average Bonchev–Trinajstić information content (AvgIpc) is 2.33. The number of methoxy groups -OCH3 is 1. The van der Waals surface area contributed by atoms with Crippen molar-refractivity contribution in [2.45, 2.75) is 32.7 Å². The Hall–Kier alpha value is -1.63. The van der Waals surface area contributed by atoms with Crippen LogP contribution in [-0.4, -0.2) is 47.8 Å². The van der Waals surface area contributed by atoms with Crippen LogP contribution >= 0.6 is 0 Å². The Morgan fingerprint density at radius 3 is 2.21 bits per heavy atom. The second-order valence-electron chi connectivity index (χ2n) is 4.69. The van der Waals surface area contributed by atoms with Gasteiger partial charge < -0.3 is 20.3 Å². The van der Waals surface area contributed by atoms with Crippen molar-refractivity contribution in [3.05, 3.63) is 0 Å². The Kier molecular flexibility index (Phi) is 7.74. The van der Waals surface area contributed by atoms with Gasteiger partial charge in [-0.05, 0) is 12.3 Å². The van der Waals surface area contributed by atoms with E-state index in [-0.39, 0.29) is 12.3 Å². The van der Waals surface area contributed by atoms with Gasteiger partial charge in [0.05, 0.1) is 19.6 Å². The van der Waals surface area contributed by atoms with Crippen LogP contribution in [0.2, 0.25) is 0 Å². The summed E-state index contributed by atoms with van der Waals surface area (Å²) < 4.78 is 4.61. The first-order valence-corrected chi connectivity index (χ1v) is 6.02. The molecule has 3 N–H and O–H groups in total. The van der Waals surface area contributed by atoms with E-state index in [0.29, 0.717) is 6.42 Å². The number of aliphatic hydroxyl groups excluding tert-OH is 1. The number of carbonyl (C=O) groups is 3. The number of carboxylic acid groups (broad SMARTS) is 1. The number of carbonyl (C=O) groups excluding carboxylic acids is 2. The number of rotatable bonds is 8. The molecule has 0 fully saturated rings. The molecule has 0 spiro atoms. The predicted octanol–water partition coefficient (Wildman–Crippen LogP) is -0.226. The number of amides is 1. The van der Waals surface area contributed by atoms with Crippen LogP contribution in [0.5, 0.6) is 0 Å². The standard InChI is InChI=1S/C12H21NO6/c1-7(2)4-8(12(18)19-3)5-10(15)13-9(6-14)11(16)17/h7-9,14H,4-6H2,1-3H3,(H,13,15)(H,16,17)/t8-,9-/m0/s1. The molecule has 0 aliphatic heterocycles. The molecule has 0 heterocycles. The average molecular weight is 275 g/mol. The SMILES string of the molecule is COC(=O)[C@H](CC(=O)N[C@@H](CO)C(=O)O)CC(C)C. The lowest BCUT2D eigenvalue weighted by Gasteiger charge is -2.18. The molecular weight excluding hydrogens is 254 g/mol. The molecule has 0 bridgehead atoms. The summed E-state index contributed by atoms with van der Waals surface area (Å²) in [4.78, 5) is 33.8. The maximum atomic E-state index is 11.6. The van der Waals surface area contributed by atoms with Gasteiger partial charge >= 0.3 is 11.9 Å². The number of ether oxygens (including phenoxy) is 1. The molecule has 0 saturated heterocycles. The summed E-state index contributed by atoms with van der Waals surface area (Å²) in [5, 5.41) is 19.6. The quantitative estimate of drug-likeness (QED) is 0.527. The van der Waals surface area contributed by atoms with E-state index < -0.39 is 36.4 Å². The minimum atomic E-state index is -1.36. The highest BCUT2D eigenvalue weighted by molar-refractivity contribution is 5.86. The zero-order valence-electron chi connectivity index (χ0n) is 11.4. The van der Waals surface area contributed by atoms with Crippen molar-refractivity contribution in [2.24, 2.45) is 11.8 Å². The smallest absolute Gasteiger partial charge is 0.328 e. The van der Waals surface area contributed by atoms with Gasteiger partial charge in [-0.15, -0.1) is 0 Å². The highest BCUT2D eigenvalue weighted by Gasteiger charge is 2.26. The molecule has 0 unspecified atom stereocenters. The molecule has 2 atom stereocenters. The molecule has 110 valence electrons. The van der Waals surface area contributed by atoms with E-state index in [2.05, 4.69) is 10.1 Å². The fraction of sp³-hybridized carbons (Fsp3) is 0.750. The van der Waals surface area contributed by atoms with E-state index in [1.54, 1.807) is 0 Å². The van der Waals surface area contributed by atoms with Crippen LogP contribution in [0.15, 0.2) is 0 Å². The summed E-state index contributed by atoms with van der Waals surface area (Å²) in [6, 6.07) is -1.36. The van der Waals surface area contributed by atoms with Gasteiger partial charge in [-0.3, -0.25) is 9.59 Å². The van der Waals surface area contributed by atoms with E-state index in [1.807, 2.05) is 13.8 Å². The van der Waals surface area contributed by atoms with E-state index in [9.17, 15) is 14.4 Å². The molecule has 0 rings (SSSR count). The van der Waals surface area contributed by atoms with Crippen LogP contribution in [0.4, 0.5) is 0 Å². The second-order valence-corrected chi connectivity index (χ2v) is 4.69. The molecule has 19 heavy (non-hydrogen) atoms. The zero-order valence-corrected chi connectivity index (χ0v) is 11.4. The van der Waals surface area contributed by atoms with Crippen molar-refractivity contribution >= 4 is 17.8 Å². The third-order valence-electron chi connectivity index (χ3n) is 2.54. The summed E-state index contributed by atoms with van der Waals surface area (Å²) >= 11 is 0. The first-order valence-electron chi connectivity index (χ1n) is 6.02. The van der Waals surface area contributed by atoms with Crippen molar-refractivity contribution in [3.63, 3.8) is 0 Å². The first-order chi connectivity index (χ1) is 8.81. The Morgan fingerprint density at radius 1 is 1.26 bits per heavy atom.